The van der Waals surface area contributed by atoms with Crippen molar-refractivity contribution >= 4 is 11.9 Å². The van der Waals surface area contributed by atoms with E-state index in [1.165, 1.54) is 6.07 Å². The average molecular weight is 442 g/mol. The number of ether oxygens (including phenoxy) is 1. The van der Waals surface area contributed by atoms with E-state index in [-0.39, 0.29) is 29.8 Å². The highest BCUT2D eigenvalue weighted by Crippen LogP contribution is 2.41. The molecule has 2 bridgehead atoms. The van der Waals surface area contributed by atoms with Crippen molar-refractivity contribution in [1.29, 1.82) is 5.26 Å². The van der Waals surface area contributed by atoms with Crippen LogP contribution in [0, 0.1) is 17.2 Å². The molecule has 2 atom stereocenters. The third-order valence-electron chi connectivity index (χ3n) is 6.19. The Labute approximate surface area is 183 Å². The van der Waals surface area contributed by atoms with Crippen LogP contribution in [0.2, 0.25) is 0 Å². The fraction of sp³-hybridized carbons (Fsp3) is 0.375. The number of nitrogens with zero attached hydrogens (tertiary/aromatic N) is 2. The fourth-order valence-corrected chi connectivity index (χ4v) is 4.72. The van der Waals surface area contributed by atoms with Crippen LogP contribution in [0.4, 0.5) is 18.0 Å². The largest absolute Gasteiger partial charge is 0.445 e. The first-order valence-electron chi connectivity index (χ1n) is 10.4. The molecule has 2 heterocycles. The number of halogens is 3. The van der Waals surface area contributed by atoms with Gasteiger partial charge in [0.2, 0.25) is 0 Å². The molecule has 0 aliphatic carbocycles. The van der Waals surface area contributed by atoms with Crippen molar-refractivity contribution in [1.82, 2.24) is 4.90 Å². The zero-order chi connectivity index (χ0) is 22.9. The number of rotatable bonds is 4. The number of hydrogen-bond acceptors (Lipinski definition) is 4. The van der Waals surface area contributed by atoms with Crippen LogP contribution in [0.25, 0.3) is 0 Å². The van der Waals surface area contributed by atoms with Crippen molar-refractivity contribution in [2.75, 3.05) is 0 Å². The minimum Gasteiger partial charge on any atom is -0.445 e. The number of piperidine rings is 1. The lowest BCUT2D eigenvalue weighted by Gasteiger charge is -2.37. The summed E-state index contributed by atoms with van der Waals surface area (Å²) in [6.45, 7) is 0.152. The summed E-state index contributed by atoms with van der Waals surface area (Å²) in [6, 6.07) is 13.4. The summed E-state index contributed by atoms with van der Waals surface area (Å²) in [7, 11) is 0. The van der Waals surface area contributed by atoms with E-state index < -0.39 is 29.5 Å². The molecule has 0 N–H and O–H groups in total. The number of carbonyl (C=O) groups excluding carboxylic acids is 2. The highest BCUT2D eigenvalue weighted by atomic mass is 19.4. The molecule has 2 aromatic carbocycles. The summed E-state index contributed by atoms with van der Waals surface area (Å²) in [5, 5.41) is 9.08. The van der Waals surface area contributed by atoms with E-state index in [9.17, 15) is 22.8 Å². The van der Waals surface area contributed by atoms with Crippen LogP contribution in [0.3, 0.4) is 0 Å². The minimum absolute atomic E-state index is 0.110. The highest BCUT2D eigenvalue weighted by Gasteiger charge is 2.46. The summed E-state index contributed by atoms with van der Waals surface area (Å²) in [6.07, 6.45) is -2.89. The fourth-order valence-electron chi connectivity index (χ4n) is 4.72. The van der Waals surface area contributed by atoms with Crippen LogP contribution >= 0.6 is 0 Å². The number of benzene rings is 2. The standard InChI is InChI=1S/C24H21F3N2O3/c25-24(26,27)19-9-16(13-28)8-17(10-19)22(30)18-11-20-6-7-21(12-18)29(20)23(31)32-14-15-4-2-1-3-5-15/h1-5,8-10,18,20-21H,6-7,11-12,14H2. The Morgan fingerprint density at radius 2 is 1.72 bits per heavy atom. The number of fused-ring (bicyclic) bond motifs is 2. The van der Waals surface area contributed by atoms with E-state index in [4.69, 9.17) is 10.00 Å². The summed E-state index contributed by atoms with van der Waals surface area (Å²) >= 11 is 0. The zero-order valence-electron chi connectivity index (χ0n) is 17.1. The van der Waals surface area contributed by atoms with Crippen LogP contribution in [0.5, 0.6) is 0 Å². The molecule has 2 aromatic rings. The number of ketones is 1. The van der Waals surface area contributed by atoms with Gasteiger partial charge in [-0.1, -0.05) is 30.3 Å². The van der Waals surface area contributed by atoms with Gasteiger partial charge in [-0.25, -0.2) is 4.79 Å². The molecule has 32 heavy (non-hydrogen) atoms. The van der Waals surface area contributed by atoms with Gasteiger partial charge in [0.25, 0.3) is 0 Å². The van der Waals surface area contributed by atoms with Gasteiger partial charge in [-0.3, -0.25) is 4.79 Å². The second-order valence-electron chi connectivity index (χ2n) is 8.27. The number of carbonyl (C=O) groups is 2. The second-order valence-corrected chi connectivity index (χ2v) is 8.27. The van der Waals surface area contributed by atoms with E-state index in [1.807, 2.05) is 30.3 Å². The normalized spacial score (nSPS) is 22.3. The molecule has 2 fully saturated rings. The first kappa shape index (κ1) is 21.9. The topological polar surface area (TPSA) is 70.4 Å². The molecule has 2 aliphatic heterocycles. The lowest BCUT2D eigenvalue weighted by molar-refractivity contribution is -0.137. The number of amides is 1. The van der Waals surface area contributed by atoms with Gasteiger partial charge in [-0.2, -0.15) is 18.4 Å². The minimum atomic E-state index is -4.65. The highest BCUT2D eigenvalue weighted by molar-refractivity contribution is 5.98. The van der Waals surface area contributed by atoms with Crippen molar-refractivity contribution in [3.63, 3.8) is 0 Å². The van der Waals surface area contributed by atoms with Crippen molar-refractivity contribution in [2.24, 2.45) is 5.92 Å². The predicted molar refractivity (Wildman–Crippen MR) is 108 cm³/mol. The summed E-state index contributed by atoms with van der Waals surface area (Å²) in [5.74, 6) is -0.914. The summed E-state index contributed by atoms with van der Waals surface area (Å²) in [4.78, 5) is 27.4. The van der Waals surface area contributed by atoms with Gasteiger partial charge in [-0.15, -0.1) is 0 Å². The number of nitriles is 1. The van der Waals surface area contributed by atoms with E-state index in [0.29, 0.717) is 12.8 Å². The van der Waals surface area contributed by atoms with Gasteiger partial charge in [-0.05, 0) is 49.4 Å². The molecule has 0 radical (unpaired) electrons. The Balaban J connectivity index is 1.46. The van der Waals surface area contributed by atoms with Crippen LogP contribution in [-0.2, 0) is 17.5 Å². The summed E-state index contributed by atoms with van der Waals surface area (Å²) in [5.41, 5.74) is -0.449. The Morgan fingerprint density at radius 3 is 2.31 bits per heavy atom. The van der Waals surface area contributed by atoms with Gasteiger partial charge in [0.15, 0.2) is 5.78 Å². The molecular formula is C24H21F3N2O3. The molecule has 8 heteroatoms. The third-order valence-corrected chi connectivity index (χ3v) is 6.19. The smallest absolute Gasteiger partial charge is 0.416 e. The van der Waals surface area contributed by atoms with Gasteiger partial charge in [0, 0.05) is 23.6 Å². The molecule has 0 aromatic heterocycles. The predicted octanol–water partition coefficient (Wildman–Crippen LogP) is 5.34. The van der Waals surface area contributed by atoms with E-state index in [1.54, 1.807) is 11.0 Å². The van der Waals surface area contributed by atoms with Crippen molar-refractivity contribution in [2.45, 2.75) is 50.6 Å². The molecule has 5 nitrogen and oxygen atoms in total. The first-order chi connectivity index (χ1) is 15.3. The first-order valence-corrected chi connectivity index (χ1v) is 10.4. The van der Waals surface area contributed by atoms with Crippen LogP contribution in [-0.4, -0.2) is 28.9 Å². The van der Waals surface area contributed by atoms with Gasteiger partial charge < -0.3 is 9.64 Å². The molecular weight excluding hydrogens is 421 g/mol. The Kier molecular flexibility index (Phi) is 5.92. The second kappa shape index (κ2) is 8.65. The molecule has 2 saturated heterocycles. The van der Waals surface area contributed by atoms with Crippen LogP contribution in [0.1, 0.15) is 52.7 Å². The average Bonchev–Trinajstić information content (AvgIpc) is 3.06. The van der Waals surface area contributed by atoms with Gasteiger partial charge in [0.05, 0.1) is 17.2 Å². The maximum atomic E-state index is 13.2. The van der Waals surface area contributed by atoms with E-state index in [0.717, 1.165) is 30.5 Å². The molecule has 2 unspecified atom stereocenters. The molecule has 0 saturated carbocycles. The zero-order valence-corrected chi connectivity index (χ0v) is 17.1. The maximum Gasteiger partial charge on any atom is 0.416 e. The van der Waals surface area contributed by atoms with Crippen molar-refractivity contribution < 1.29 is 27.5 Å². The molecule has 4 rings (SSSR count). The van der Waals surface area contributed by atoms with Crippen LogP contribution < -0.4 is 0 Å². The van der Waals surface area contributed by atoms with Crippen molar-refractivity contribution in [3.8, 4) is 6.07 Å². The van der Waals surface area contributed by atoms with E-state index >= 15 is 0 Å². The Morgan fingerprint density at radius 1 is 1.06 bits per heavy atom. The molecule has 2 aliphatic rings. The SMILES string of the molecule is N#Cc1cc(C(=O)C2CC3CCC(C2)N3C(=O)OCc2ccccc2)cc(C(F)(F)F)c1. The third kappa shape index (κ3) is 4.47. The summed E-state index contributed by atoms with van der Waals surface area (Å²) < 4.78 is 45.0. The quantitative estimate of drug-likeness (QED) is 0.600. The lowest BCUT2D eigenvalue weighted by Crippen LogP contribution is -2.48. The molecule has 1 amide bonds. The maximum absolute atomic E-state index is 13.2. The molecule has 166 valence electrons. The van der Waals surface area contributed by atoms with Crippen LogP contribution in [0.15, 0.2) is 48.5 Å². The number of Topliss-reactive ketones (excluding diaryl/α,β-unsaturated/α-hetero) is 1. The molecule has 0 spiro atoms. The lowest BCUT2D eigenvalue weighted by atomic mass is 9.84. The Bertz CT molecular complexity index is 1050. The van der Waals surface area contributed by atoms with E-state index in [2.05, 4.69) is 0 Å². The Hall–Kier alpha value is -3.34. The van der Waals surface area contributed by atoms with Gasteiger partial charge >= 0.3 is 12.3 Å². The van der Waals surface area contributed by atoms with Gasteiger partial charge in [0.1, 0.15) is 6.61 Å². The monoisotopic (exact) mass is 442 g/mol. The number of hydrogen-bond donors (Lipinski definition) is 0. The number of alkyl halides is 3. The van der Waals surface area contributed by atoms with Crippen molar-refractivity contribution in [3.05, 3.63) is 70.8 Å².